The predicted octanol–water partition coefficient (Wildman–Crippen LogP) is 3.57. The van der Waals surface area contributed by atoms with Gasteiger partial charge in [0, 0.05) is 36.7 Å². The number of benzene rings is 1. The van der Waals surface area contributed by atoms with Gasteiger partial charge in [0.05, 0.1) is 6.10 Å². The van der Waals surface area contributed by atoms with Gasteiger partial charge in [-0.15, -0.1) is 0 Å². The molecule has 0 saturated carbocycles. The van der Waals surface area contributed by atoms with Crippen LogP contribution in [0.2, 0.25) is 0 Å². The molecule has 1 aromatic rings. The minimum atomic E-state index is -1.17. The lowest BCUT2D eigenvalue weighted by atomic mass is 9.89. The summed E-state index contributed by atoms with van der Waals surface area (Å²) < 4.78 is 45.8. The molecule has 0 spiro atoms. The van der Waals surface area contributed by atoms with E-state index in [1.807, 2.05) is 13.8 Å². The molecule has 2 nitrogen and oxygen atoms in total. The Morgan fingerprint density at radius 2 is 1.90 bits per heavy atom. The van der Waals surface area contributed by atoms with Crippen LogP contribution in [-0.4, -0.2) is 19.2 Å². The van der Waals surface area contributed by atoms with Crippen molar-refractivity contribution in [3.63, 3.8) is 0 Å². The van der Waals surface area contributed by atoms with Crippen molar-refractivity contribution in [2.75, 3.05) is 13.2 Å². The molecule has 0 radical (unpaired) electrons. The molecule has 0 aromatic heterocycles. The fourth-order valence-electron chi connectivity index (χ4n) is 2.54. The zero-order valence-corrected chi connectivity index (χ0v) is 11.8. The molecule has 5 heteroatoms. The Hall–Kier alpha value is -1.07. The second-order valence-electron chi connectivity index (χ2n) is 5.54. The van der Waals surface area contributed by atoms with E-state index in [1.165, 1.54) is 0 Å². The molecule has 112 valence electrons. The van der Waals surface area contributed by atoms with E-state index in [9.17, 15) is 13.2 Å². The van der Waals surface area contributed by atoms with Gasteiger partial charge in [-0.2, -0.15) is 0 Å². The van der Waals surface area contributed by atoms with Crippen LogP contribution in [0.4, 0.5) is 13.2 Å². The minimum Gasteiger partial charge on any atom is -0.373 e. The Labute approximate surface area is 117 Å². The molecule has 20 heavy (non-hydrogen) atoms. The summed E-state index contributed by atoms with van der Waals surface area (Å²) in [4.78, 5) is 0. The predicted molar refractivity (Wildman–Crippen MR) is 70.9 cm³/mol. The first-order valence-corrected chi connectivity index (χ1v) is 6.98. The lowest BCUT2D eigenvalue weighted by Crippen LogP contribution is -2.35. The SMILES string of the molecule is CC(C)NCC1CCCOC1c1cc(F)c(F)cc1F. The largest absolute Gasteiger partial charge is 0.373 e. The maximum Gasteiger partial charge on any atom is 0.161 e. The molecule has 1 aliphatic heterocycles. The van der Waals surface area contributed by atoms with Crippen molar-refractivity contribution < 1.29 is 17.9 Å². The summed E-state index contributed by atoms with van der Waals surface area (Å²) >= 11 is 0. The van der Waals surface area contributed by atoms with Gasteiger partial charge in [0.25, 0.3) is 0 Å². The van der Waals surface area contributed by atoms with Crippen molar-refractivity contribution in [1.82, 2.24) is 5.32 Å². The van der Waals surface area contributed by atoms with Crippen LogP contribution in [-0.2, 0) is 4.74 Å². The van der Waals surface area contributed by atoms with E-state index in [2.05, 4.69) is 5.32 Å². The molecule has 2 rings (SSSR count). The van der Waals surface area contributed by atoms with Crippen LogP contribution in [0.1, 0.15) is 38.4 Å². The number of nitrogens with one attached hydrogen (secondary N) is 1. The topological polar surface area (TPSA) is 21.3 Å². The van der Waals surface area contributed by atoms with Crippen LogP contribution in [0, 0.1) is 23.4 Å². The first-order valence-electron chi connectivity index (χ1n) is 6.98. The van der Waals surface area contributed by atoms with Gasteiger partial charge in [-0.05, 0) is 18.9 Å². The third-order valence-corrected chi connectivity index (χ3v) is 3.58. The first kappa shape index (κ1) is 15.3. The highest BCUT2D eigenvalue weighted by molar-refractivity contribution is 5.23. The van der Waals surface area contributed by atoms with Gasteiger partial charge < -0.3 is 10.1 Å². The average Bonchev–Trinajstić information content (AvgIpc) is 2.41. The summed E-state index contributed by atoms with van der Waals surface area (Å²) in [7, 11) is 0. The monoisotopic (exact) mass is 287 g/mol. The number of rotatable bonds is 4. The van der Waals surface area contributed by atoms with Gasteiger partial charge in [-0.3, -0.25) is 0 Å². The van der Waals surface area contributed by atoms with Crippen molar-refractivity contribution in [3.8, 4) is 0 Å². The highest BCUT2D eigenvalue weighted by Crippen LogP contribution is 2.35. The number of halogens is 3. The fraction of sp³-hybridized carbons (Fsp3) is 0.600. The van der Waals surface area contributed by atoms with Gasteiger partial charge in [0.2, 0.25) is 0 Å². The van der Waals surface area contributed by atoms with E-state index >= 15 is 0 Å². The van der Waals surface area contributed by atoms with Crippen LogP contribution in [0.3, 0.4) is 0 Å². The molecular weight excluding hydrogens is 267 g/mol. The molecule has 1 saturated heterocycles. The summed E-state index contributed by atoms with van der Waals surface area (Å²) in [6, 6.07) is 1.82. The second kappa shape index (κ2) is 6.59. The van der Waals surface area contributed by atoms with Crippen LogP contribution in [0.25, 0.3) is 0 Å². The fourth-order valence-corrected chi connectivity index (χ4v) is 2.54. The molecular formula is C15H20F3NO. The molecule has 0 aliphatic carbocycles. The zero-order valence-electron chi connectivity index (χ0n) is 11.8. The summed E-state index contributed by atoms with van der Waals surface area (Å²) in [5, 5.41) is 3.29. The molecule has 1 fully saturated rings. The van der Waals surface area contributed by atoms with Crippen molar-refractivity contribution in [2.45, 2.75) is 38.8 Å². The number of ether oxygens (including phenoxy) is 1. The average molecular weight is 287 g/mol. The third-order valence-electron chi connectivity index (χ3n) is 3.58. The maximum atomic E-state index is 13.9. The lowest BCUT2D eigenvalue weighted by molar-refractivity contribution is -0.0303. The van der Waals surface area contributed by atoms with E-state index in [0.29, 0.717) is 25.3 Å². The molecule has 1 heterocycles. The Kier molecular flexibility index (Phi) is 5.05. The minimum absolute atomic E-state index is 0.0607. The van der Waals surface area contributed by atoms with Gasteiger partial charge in [-0.1, -0.05) is 13.8 Å². The normalized spacial score (nSPS) is 23.3. The summed E-state index contributed by atoms with van der Waals surface area (Å²) in [6.07, 6.45) is 1.25. The highest BCUT2D eigenvalue weighted by Gasteiger charge is 2.30. The summed E-state index contributed by atoms with van der Waals surface area (Å²) in [6.45, 7) is 5.23. The van der Waals surface area contributed by atoms with Crippen LogP contribution < -0.4 is 5.32 Å². The van der Waals surface area contributed by atoms with E-state index in [4.69, 9.17) is 4.74 Å². The Bertz CT molecular complexity index is 465. The number of hydrogen-bond acceptors (Lipinski definition) is 2. The molecule has 2 atom stereocenters. The van der Waals surface area contributed by atoms with E-state index < -0.39 is 23.6 Å². The molecule has 1 N–H and O–H groups in total. The molecule has 0 bridgehead atoms. The van der Waals surface area contributed by atoms with Gasteiger partial charge in [0.15, 0.2) is 11.6 Å². The van der Waals surface area contributed by atoms with Gasteiger partial charge in [0.1, 0.15) is 5.82 Å². The van der Waals surface area contributed by atoms with Crippen LogP contribution in [0.5, 0.6) is 0 Å². The van der Waals surface area contributed by atoms with Crippen LogP contribution in [0.15, 0.2) is 12.1 Å². The van der Waals surface area contributed by atoms with Gasteiger partial charge >= 0.3 is 0 Å². The Balaban J connectivity index is 2.21. The smallest absolute Gasteiger partial charge is 0.161 e. The van der Waals surface area contributed by atoms with Crippen LogP contribution >= 0.6 is 0 Å². The standard InChI is InChI=1S/C15H20F3NO/c1-9(2)19-8-10-4-3-5-20-15(10)11-6-13(17)14(18)7-12(11)16/h6-7,9-10,15,19H,3-5,8H2,1-2H3. The Morgan fingerprint density at radius 1 is 1.20 bits per heavy atom. The maximum absolute atomic E-state index is 13.9. The Morgan fingerprint density at radius 3 is 2.60 bits per heavy atom. The molecule has 1 aliphatic rings. The van der Waals surface area contributed by atoms with E-state index in [-0.39, 0.29) is 11.5 Å². The number of hydrogen-bond donors (Lipinski definition) is 1. The zero-order chi connectivity index (χ0) is 14.7. The highest BCUT2D eigenvalue weighted by atomic mass is 19.2. The third kappa shape index (κ3) is 3.52. The molecule has 0 amide bonds. The second-order valence-corrected chi connectivity index (χ2v) is 5.54. The van der Waals surface area contributed by atoms with Crippen molar-refractivity contribution in [3.05, 3.63) is 35.1 Å². The first-order chi connectivity index (χ1) is 9.49. The molecule has 2 unspecified atom stereocenters. The molecule has 1 aromatic carbocycles. The summed E-state index contributed by atoms with van der Waals surface area (Å²) in [5.74, 6) is -2.89. The van der Waals surface area contributed by atoms with E-state index in [0.717, 1.165) is 18.9 Å². The summed E-state index contributed by atoms with van der Waals surface area (Å²) in [5.41, 5.74) is 0.110. The lowest BCUT2D eigenvalue weighted by Gasteiger charge is -2.33. The van der Waals surface area contributed by atoms with Crippen molar-refractivity contribution in [2.24, 2.45) is 5.92 Å². The van der Waals surface area contributed by atoms with Gasteiger partial charge in [-0.25, -0.2) is 13.2 Å². The van der Waals surface area contributed by atoms with E-state index in [1.54, 1.807) is 0 Å². The quantitative estimate of drug-likeness (QED) is 0.855. The van der Waals surface area contributed by atoms with Crippen molar-refractivity contribution in [1.29, 1.82) is 0 Å². The van der Waals surface area contributed by atoms with Crippen molar-refractivity contribution >= 4 is 0 Å².